The third kappa shape index (κ3) is 2.87. The Morgan fingerprint density at radius 2 is 2.06 bits per heavy atom. The molecule has 0 aliphatic rings. The summed E-state index contributed by atoms with van der Waals surface area (Å²) in [5.41, 5.74) is 5.02. The molecule has 90 valence electrons. The first-order chi connectivity index (χ1) is 8.19. The molecular weight excluding hydrogens is 210 g/mol. The van der Waals surface area contributed by atoms with Crippen LogP contribution in [0.15, 0.2) is 30.6 Å². The molecule has 0 unspecified atom stereocenters. The van der Waals surface area contributed by atoms with Crippen LogP contribution in [0, 0.1) is 13.8 Å². The number of aromatic nitrogens is 2. The van der Waals surface area contributed by atoms with Crippen LogP contribution in [0.5, 0.6) is 0 Å². The van der Waals surface area contributed by atoms with E-state index in [1.54, 1.807) is 0 Å². The largest absolute Gasteiger partial charge is 0.381 e. The molecular formula is C14H19N3. The summed E-state index contributed by atoms with van der Waals surface area (Å²) in [7, 11) is 0. The third-order valence-corrected chi connectivity index (χ3v) is 3.01. The molecule has 0 saturated carbocycles. The van der Waals surface area contributed by atoms with Gasteiger partial charge in [0.2, 0.25) is 0 Å². The van der Waals surface area contributed by atoms with Gasteiger partial charge >= 0.3 is 0 Å². The third-order valence-electron chi connectivity index (χ3n) is 3.01. The number of hydrogen-bond acceptors (Lipinski definition) is 2. The maximum absolute atomic E-state index is 4.26. The minimum absolute atomic E-state index is 0.822. The molecule has 0 radical (unpaired) electrons. The van der Waals surface area contributed by atoms with E-state index in [0.29, 0.717) is 0 Å². The summed E-state index contributed by atoms with van der Waals surface area (Å²) in [6.07, 6.45) is 3.99. The molecule has 0 spiro atoms. The highest BCUT2D eigenvalue weighted by Crippen LogP contribution is 2.15. The fourth-order valence-electron chi connectivity index (χ4n) is 1.73. The highest BCUT2D eigenvalue weighted by molar-refractivity contribution is 5.48. The van der Waals surface area contributed by atoms with Gasteiger partial charge < -0.3 is 5.32 Å². The second kappa shape index (κ2) is 5.04. The van der Waals surface area contributed by atoms with E-state index >= 15 is 0 Å². The van der Waals surface area contributed by atoms with E-state index in [1.165, 1.54) is 16.7 Å². The summed E-state index contributed by atoms with van der Waals surface area (Å²) < 4.78 is 1.94. The average Bonchev–Trinajstić information content (AvgIpc) is 2.79. The lowest BCUT2D eigenvalue weighted by atomic mass is 10.1. The summed E-state index contributed by atoms with van der Waals surface area (Å²) in [6.45, 7) is 8.10. The maximum atomic E-state index is 4.26. The van der Waals surface area contributed by atoms with Gasteiger partial charge in [-0.15, -0.1) is 0 Å². The normalized spacial score (nSPS) is 10.5. The van der Waals surface area contributed by atoms with Crippen LogP contribution in [0.1, 0.15) is 23.6 Å². The zero-order valence-corrected chi connectivity index (χ0v) is 10.7. The highest BCUT2D eigenvalue weighted by atomic mass is 15.3. The zero-order valence-electron chi connectivity index (χ0n) is 10.7. The standard InChI is InChI=1S/C14H19N3/c1-4-17-10-13(9-16-17)8-15-14-6-5-11(2)12(3)7-14/h5-7,9-10,15H,4,8H2,1-3H3. The Bertz CT molecular complexity index is 500. The van der Waals surface area contributed by atoms with Gasteiger partial charge in [-0.25, -0.2) is 0 Å². The zero-order chi connectivity index (χ0) is 12.3. The van der Waals surface area contributed by atoms with Gasteiger partial charge in [0, 0.05) is 30.5 Å². The van der Waals surface area contributed by atoms with Gasteiger partial charge in [-0.1, -0.05) is 6.07 Å². The molecule has 0 fully saturated rings. The number of anilines is 1. The lowest BCUT2D eigenvalue weighted by Crippen LogP contribution is -1.99. The first-order valence-electron chi connectivity index (χ1n) is 6.01. The molecule has 1 aromatic heterocycles. The van der Waals surface area contributed by atoms with Gasteiger partial charge in [-0.2, -0.15) is 5.10 Å². The molecule has 0 aliphatic heterocycles. The van der Waals surface area contributed by atoms with E-state index < -0.39 is 0 Å². The lowest BCUT2D eigenvalue weighted by molar-refractivity contribution is 0.659. The SMILES string of the molecule is CCn1cc(CNc2ccc(C)c(C)c2)cn1. The van der Waals surface area contributed by atoms with Gasteiger partial charge in [0.15, 0.2) is 0 Å². The van der Waals surface area contributed by atoms with E-state index in [-0.39, 0.29) is 0 Å². The second-order valence-corrected chi connectivity index (χ2v) is 4.36. The fourth-order valence-corrected chi connectivity index (χ4v) is 1.73. The van der Waals surface area contributed by atoms with E-state index in [2.05, 4.69) is 55.6 Å². The van der Waals surface area contributed by atoms with Crippen LogP contribution in [0.4, 0.5) is 5.69 Å². The Hall–Kier alpha value is -1.77. The molecule has 0 atom stereocenters. The Morgan fingerprint density at radius 1 is 1.24 bits per heavy atom. The van der Waals surface area contributed by atoms with Gasteiger partial charge in [0.25, 0.3) is 0 Å². The fraction of sp³-hybridized carbons (Fsp3) is 0.357. The Labute approximate surface area is 102 Å². The number of rotatable bonds is 4. The summed E-state index contributed by atoms with van der Waals surface area (Å²) in [5, 5.41) is 7.67. The number of benzene rings is 1. The second-order valence-electron chi connectivity index (χ2n) is 4.36. The molecule has 0 bridgehead atoms. The minimum atomic E-state index is 0.822. The van der Waals surface area contributed by atoms with E-state index in [9.17, 15) is 0 Å². The van der Waals surface area contributed by atoms with Crippen molar-refractivity contribution in [2.45, 2.75) is 33.9 Å². The molecule has 1 N–H and O–H groups in total. The van der Waals surface area contributed by atoms with Crippen LogP contribution >= 0.6 is 0 Å². The lowest BCUT2D eigenvalue weighted by Gasteiger charge is -2.07. The summed E-state index contributed by atoms with van der Waals surface area (Å²) in [6, 6.07) is 6.44. The van der Waals surface area contributed by atoms with Crippen LogP contribution in [-0.4, -0.2) is 9.78 Å². The quantitative estimate of drug-likeness (QED) is 0.873. The Balaban J connectivity index is 1.99. The van der Waals surface area contributed by atoms with Crippen LogP contribution < -0.4 is 5.32 Å². The van der Waals surface area contributed by atoms with Crippen LogP contribution in [0.25, 0.3) is 0 Å². The van der Waals surface area contributed by atoms with Crippen molar-refractivity contribution >= 4 is 5.69 Å². The number of aryl methyl sites for hydroxylation is 3. The molecule has 2 rings (SSSR count). The van der Waals surface area contributed by atoms with E-state index in [1.807, 2.05) is 10.9 Å². The average molecular weight is 229 g/mol. The first kappa shape index (κ1) is 11.7. The maximum Gasteiger partial charge on any atom is 0.0539 e. The van der Waals surface area contributed by atoms with Gasteiger partial charge in [0.05, 0.1) is 6.20 Å². The molecule has 3 heteroatoms. The molecule has 0 aliphatic carbocycles. The molecule has 0 saturated heterocycles. The van der Waals surface area contributed by atoms with Crippen molar-refractivity contribution < 1.29 is 0 Å². The van der Waals surface area contributed by atoms with Crippen molar-refractivity contribution in [3.05, 3.63) is 47.3 Å². The summed E-state index contributed by atoms with van der Waals surface area (Å²) in [5.74, 6) is 0. The molecule has 17 heavy (non-hydrogen) atoms. The van der Waals surface area contributed by atoms with Crippen molar-refractivity contribution in [2.24, 2.45) is 0 Å². The first-order valence-corrected chi connectivity index (χ1v) is 6.01. The van der Waals surface area contributed by atoms with Gasteiger partial charge in [-0.05, 0) is 44.0 Å². The minimum Gasteiger partial charge on any atom is -0.381 e. The molecule has 2 aromatic rings. The van der Waals surface area contributed by atoms with Crippen molar-refractivity contribution in [1.82, 2.24) is 9.78 Å². The van der Waals surface area contributed by atoms with Crippen LogP contribution in [0.3, 0.4) is 0 Å². The Kier molecular flexibility index (Phi) is 3.47. The predicted molar refractivity (Wildman–Crippen MR) is 71.1 cm³/mol. The van der Waals surface area contributed by atoms with Crippen molar-refractivity contribution in [2.75, 3.05) is 5.32 Å². The number of nitrogens with one attached hydrogen (secondary N) is 1. The summed E-state index contributed by atoms with van der Waals surface area (Å²) >= 11 is 0. The van der Waals surface area contributed by atoms with Gasteiger partial charge in [0.1, 0.15) is 0 Å². The van der Waals surface area contributed by atoms with Crippen molar-refractivity contribution in [3.63, 3.8) is 0 Å². The molecule has 3 nitrogen and oxygen atoms in total. The number of hydrogen-bond donors (Lipinski definition) is 1. The highest BCUT2D eigenvalue weighted by Gasteiger charge is 1.99. The number of nitrogens with zero attached hydrogens (tertiary/aromatic N) is 2. The monoisotopic (exact) mass is 229 g/mol. The van der Waals surface area contributed by atoms with Crippen LogP contribution in [0.2, 0.25) is 0 Å². The molecule has 1 heterocycles. The summed E-state index contributed by atoms with van der Waals surface area (Å²) in [4.78, 5) is 0. The van der Waals surface area contributed by atoms with Gasteiger partial charge in [-0.3, -0.25) is 4.68 Å². The topological polar surface area (TPSA) is 29.9 Å². The molecule has 1 aromatic carbocycles. The predicted octanol–water partition coefficient (Wildman–Crippen LogP) is 3.13. The van der Waals surface area contributed by atoms with E-state index in [0.717, 1.165) is 18.8 Å². The Morgan fingerprint density at radius 3 is 2.71 bits per heavy atom. The van der Waals surface area contributed by atoms with Crippen molar-refractivity contribution in [3.8, 4) is 0 Å². The smallest absolute Gasteiger partial charge is 0.0539 e. The van der Waals surface area contributed by atoms with E-state index in [4.69, 9.17) is 0 Å². The molecule has 0 amide bonds. The van der Waals surface area contributed by atoms with Crippen LogP contribution in [-0.2, 0) is 13.1 Å². The van der Waals surface area contributed by atoms with Crippen molar-refractivity contribution in [1.29, 1.82) is 0 Å².